The second-order valence-electron chi connectivity index (χ2n) is 3.95. The maximum atomic E-state index is 12.0. The number of rotatable bonds is 6. The predicted octanol–water partition coefficient (Wildman–Crippen LogP) is 0.762. The highest BCUT2D eigenvalue weighted by molar-refractivity contribution is 7.89. The van der Waals surface area contributed by atoms with Crippen LogP contribution in [-0.2, 0) is 14.8 Å². The molecule has 0 aromatic heterocycles. The minimum Gasteiger partial charge on any atom is -0.479 e. The molecular weight excluding hydrogens is 294 g/mol. The van der Waals surface area contributed by atoms with Crippen molar-refractivity contribution in [2.24, 2.45) is 0 Å². The van der Waals surface area contributed by atoms with E-state index < -0.39 is 22.1 Å². The molecule has 0 aliphatic rings. The average Bonchev–Trinajstić information content (AvgIpc) is 2.31. The summed E-state index contributed by atoms with van der Waals surface area (Å²) < 4.78 is 26.1. The van der Waals surface area contributed by atoms with E-state index in [2.05, 4.69) is 4.72 Å². The van der Waals surface area contributed by atoms with Gasteiger partial charge in [0.2, 0.25) is 10.0 Å². The van der Waals surface area contributed by atoms with Crippen molar-refractivity contribution in [3.05, 3.63) is 28.8 Å². The molecule has 1 aromatic carbocycles. The fourth-order valence-electron chi connectivity index (χ4n) is 1.39. The van der Waals surface area contributed by atoms with Crippen molar-refractivity contribution in [3.8, 4) is 0 Å². The molecule has 0 spiro atoms. The molecule has 0 fully saturated rings. The molecule has 0 heterocycles. The molecule has 0 unspecified atom stereocenters. The van der Waals surface area contributed by atoms with E-state index in [1.807, 2.05) is 0 Å². The molecule has 1 atom stereocenters. The highest BCUT2D eigenvalue weighted by atomic mass is 35.5. The Morgan fingerprint density at radius 2 is 2.11 bits per heavy atom. The van der Waals surface area contributed by atoms with Crippen LogP contribution in [0, 0.1) is 6.92 Å². The van der Waals surface area contributed by atoms with Gasteiger partial charge in [-0.1, -0.05) is 17.7 Å². The molecule has 0 amide bonds. The van der Waals surface area contributed by atoms with Crippen molar-refractivity contribution >= 4 is 27.6 Å². The molecular formula is C11H14ClNO5S. The van der Waals surface area contributed by atoms with Gasteiger partial charge in [-0.15, -0.1) is 0 Å². The molecule has 1 rings (SSSR count). The van der Waals surface area contributed by atoms with Crippen LogP contribution in [0.15, 0.2) is 23.1 Å². The van der Waals surface area contributed by atoms with Crippen LogP contribution in [0.25, 0.3) is 0 Å². The van der Waals surface area contributed by atoms with Crippen molar-refractivity contribution < 1.29 is 23.4 Å². The number of carbonyl (C=O) groups is 1. The van der Waals surface area contributed by atoms with E-state index in [0.29, 0.717) is 5.56 Å². The number of aliphatic hydroxyl groups is 1. The van der Waals surface area contributed by atoms with E-state index in [1.165, 1.54) is 6.07 Å². The summed E-state index contributed by atoms with van der Waals surface area (Å²) in [5.74, 6) is -1.39. The van der Waals surface area contributed by atoms with Crippen LogP contribution < -0.4 is 4.72 Å². The van der Waals surface area contributed by atoms with E-state index in [9.17, 15) is 13.2 Å². The molecule has 0 aliphatic heterocycles. The molecule has 1 aromatic rings. The minimum atomic E-state index is -3.77. The van der Waals surface area contributed by atoms with Crippen LogP contribution in [0.2, 0.25) is 5.02 Å². The maximum absolute atomic E-state index is 12.0. The highest BCUT2D eigenvalue weighted by Crippen LogP contribution is 2.19. The monoisotopic (exact) mass is 307 g/mol. The van der Waals surface area contributed by atoms with Crippen LogP contribution in [0.5, 0.6) is 0 Å². The summed E-state index contributed by atoms with van der Waals surface area (Å²) in [6, 6.07) is 4.46. The third-order valence-corrected chi connectivity index (χ3v) is 4.27. The lowest BCUT2D eigenvalue weighted by Crippen LogP contribution is -2.30. The minimum absolute atomic E-state index is 0.0322. The fraction of sp³-hybridized carbons (Fsp3) is 0.364. The Morgan fingerprint density at radius 3 is 2.68 bits per heavy atom. The number of carboxylic acids is 1. The van der Waals surface area contributed by atoms with Crippen LogP contribution in [0.1, 0.15) is 12.0 Å². The number of halogens is 1. The number of carboxylic acid groups (broad SMARTS) is 1. The van der Waals surface area contributed by atoms with Crippen molar-refractivity contribution in [3.63, 3.8) is 0 Å². The van der Waals surface area contributed by atoms with Gasteiger partial charge in [0, 0.05) is 11.6 Å². The van der Waals surface area contributed by atoms with Gasteiger partial charge in [-0.3, -0.25) is 0 Å². The zero-order valence-electron chi connectivity index (χ0n) is 10.1. The normalized spacial score (nSPS) is 13.2. The third kappa shape index (κ3) is 4.46. The maximum Gasteiger partial charge on any atom is 0.332 e. The van der Waals surface area contributed by atoms with Crippen LogP contribution in [-0.4, -0.2) is 37.2 Å². The zero-order chi connectivity index (χ0) is 14.6. The molecule has 19 heavy (non-hydrogen) atoms. The van der Waals surface area contributed by atoms with Gasteiger partial charge in [0.15, 0.2) is 6.10 Å². The topological polar surface area (TPSA) is 104 Å². The van der Waals surface area contributed by atoms with Crippen LogP contribution in [0.4, 0.5) is 0 Å². The number of hydrogen-bond donors (Lipinski definition) is 3. The van der Waals surface area contributed by atoms with Gasteiger partial charge < -0.3 is 10.2 Å². The molecule has 0 bridgehead atoms. The predicted molar refractivity (Wildman–Crippen MR) is 69.6 cm³/mol. The SMILES string of the molecule is Cc1ccc(Cl)cc1S(=O)(=O)NCC[C@H](O)C(=O)O. The molecule has 106 valence electrons. The Balaban J connectivity index is 2.76. The number of hydrogen-bond acceptors (Lipinski definition) is 4. The molecule has 0 saturated heterocycles. The molecule has 8 heteroatoms. The lowest BCUT2D eigenvalue weighted by atomic mass is 10.2. The van der Waals surface area contributed by atoms with Crippen molar-refractivity contribution in [2.45, 2.75) is 24.3 Å². The number of aryl methyl sites for hydroxylation is 1. The van der Waals surface area contributed by atoms with Gasteiger partial charge in [0.1, 0.15) is 0 Å². The highest BCUT2D eigenvalue weighted by Gasteiger charge is 2.19. The largest absolute Gasteiger partial charge is 0.479 e. The Hall–Kier alpha value is -1.15. The van der Waals surface area contributed by atoms with Gasteiger partial charge in [-0.2, -0.15) is 0 Å². The van der Waals surface area contributed by atoms with Gasteiger partial charge in [-0.25, -0.2) is 17.9 Å². The number of sulfonamides is 1. The summed E-state index contributed by atoms with van der Waals surface area (Å²) in [5.41, 5.74) is 0.524. The second kappa shape index (κ2) is 6.33. The van der Waals surface area contributed by atoms with Gasteiger partial charge in [0.25, 0.3) is 0 Å². The Kier molecular flexibility index (Phi) is 5.30. The second-order valence-corrected chi connectivity index (χ2v) is 6.12. The summed E-state index contributed by atoms with van der Waals surface area (Å²) in [6.45, 7) is 1.44. The van der Waals surface area contributed by atoms with Gasteiger partial charge in [-0.05, 0) is 31.0 Å². The lowest BCUT2D eigenvalue weighted by Gasteiger charge is -2.10. The van der Waals surface area contributed by atoms with E-state index in [4.69, 9.17) is 21.8 Å². The standard InChI is InChI=1S/C11H14ClNO5S/c1-7-2-3-8(12)6-10(7)19(17,18)13-5-4-9(14)11(15)16/h2-3,6,9,13-14H,4-5H2,1H3,(H,15,16)/t9-/m0/s1. The number of nitrogens with one attached hydrogen (secondary N) is 1. The zero-order valence-corrected chi connectivity index (χ0v) is 11.7. The van der Waals surface area contributed by atoms with Crippen molar-refractivity contribution in [1.82, 2.24) is 4.72 Å². The van der Waals surface area contributed by atoms with Crippen LogP contribution >= 0.6 is 11.6 Å². The van der Waals surface area contributed by atoms with Gasteiger partial charge >= 0.3 is 5.97 Å². The quantitative estimate of drug-likeness (QED) is 0.720. The van der Waals surface area contributed by atoms with Crippen LogP contribution in [0.3, 0.4) is 0 Å². The number of benzene rings is 1. The summed E-state index contributed by atoms with van der Waals surface area (Å²) in [6.07, 6.45) is -1.81. The Labute approximate surface area is 116 Å². The first-order chi connectivity index (χ1) is 8.74. The molecule has 6 nitrogen and oxygen atoms in total. The first-order valence-corrected chi connectivity index (χ1v) is 7.27. The summed E-state index contributed by atoms with van der Waals surface area (Å²) in [7, 11) is -3.77. The first kappa shape index (κ1) is 15.9. The van der Waals surface area contributed by atoms with E-state index >= 15 is 0 Å². The molecule has 3 N–H and O–H groups in total. The summed E-state index contributed by atoms with van der Waals surface area (Å²) >= 11 is 5.74. The Morgan fingerprint density at radius 1 is 1.47 bits per heavy atom. The van der Waals surface area contributed by atoms with Crippen molar-refractivity contribution in [1.29, 1.82) is 0 Å². The first-order valence-electron chi connectivity index (χ1n) is 5.41. The molecule has 0 aliphatic carbocycles. The van der Waals surface area contributed by atoms with E-state index in [1.54, 1.807) is 19.1 Å². The van der Waals surface area contributed by atoms with E-state index in [0.717, 1.165) is 0 Å². The van der Waals surface area contributed by atoms with Crippen molar-refractivity contribution in [2.75, 3.05) is 6.54 Å². The fourth-order valence-corrected chi connectivity index (χ4v) is 2.95. The molecule has 0 saturated carbocycles. The molecule has 0 radical (unpaired) electrons. The smallest absolute Gasteiger partial charge is 0.332 e. The van der Waals surface area contributed by atoms with Gasteiger partial charge in [0.05, 0.1) is 4.90 Å². The van der Waals surface area contributed by atoms with E-state index in [-0.39, 0.29) is 22.9 Å². The summed E-state index contributed by atoms with van der Waals surface area (Å²) in [5, 5.41) is 17.8. The lowest BCUT2D eigenvalue weighted by molar-refractivity contribution is -0.146. The number of aliphatic hydroxyl groups excluding tert-OH is 1. The number of aliphatic carboxylic acids is 1. The Bertz CT molecular complexity index is 572. The third-order valence-electron chi connectivity index (χ3n) is 2.43. The summed E-state index contributed by atoms with van der Waals surface area (Å²) in [4.78, 5) is 10.4. The average molecular weight is 308 g/mol.